The minimum atomic E-state index is -4.40. The first-order valence-electron chi connectivity index (χ1n) is 9.23. The third-order valence-corrected chi connectivity index (χ3v) is 3.53. The second-order valence-corrected chi connectivity index (χ2v) is 6.01. The van der Waals surface area contributed by atoms with E-state index in [4.69, 9.17) is 9.15 Å². The Hall–Kier alpha value is -2.75. The summed E-state index contributed by atoms with van der Waals surface area (Å²) in [7, 11) is 0. The minimum Gasteiger partial charge on any atom is -0.468 e. The van der Waals surface area contributed by atoms with Crippen molar-refractivity contribution in [3.8, 4) is 5.88 Å². The minimum absolute atomic E-state index is 0.0818. The van der Waals surface area contributed by atoms with Crippen LogP contribution in [0.1, 0.15) is 24.7 Å². The van der Waals surface area contributed by atoms with Gasteiger partial charge in [0.2, 0.25) is 5.88 Å². The molecule has 0 aromatic carbocycles. The zero-order valence-corrected chi connectivity index (χ0v) is 16.2. The maximum Gasteiger partial charge on any atom is 0.422 e. The quantitative estimate of drug-likeness (QED) is 0.334. The fourth-order valence-electron chi connectivity index (χ4n) is 2.24. The Balaban J connectivity index is 1.74. The second-order valence-electron chi connectivity index (χ2n) is 6.01. The molecule has 0 spiro atoms. The summed E-state index contributed by atoms with van der Waals surface area (Å²) in [4.78, 5) is 8.21. The third kappa shape index (κ3) is 9.84. The fourth-order valence-corrected chi connectivity index (χ4v) is 2.24. The molecule has 0 fully saturated rings. The summed E-state index contributed by atoms with van der Waals surface area (Å²) in [6.07, 6.45) is -0.629. The molecule has 0 aliphatic carbocycles. The van der Waals surface area contributed by atoms with E-state index in [1.54, 1.807) is 12.3 Å². The van der Waals surface area contributed by atoms with Crippen LogP contribution in [0, 0.1) is 0 Å². The van der Waals surface area contributed by atoms with Crippen LogP contribution in [0.2, 0.25) is 0 Å². The number of hydrogen-bond donors (Lipinski definition) is 2. The Morgan fingerprint density at radius 2 is 2.14 bits per heavy atom. The van der Waals surface area contributed by atoms with Gasteiger partial charge in [-0.15, -0.1) is 0 Å². The Morgan fingerprint density at radius 3 is 2.86 bits per heavy atom. The lowest BCUT2D eigenvalue weighted by atomic mass is 10.3. The number of hydrogen-bond acceptors (Lipinski definition) is 5. The molecule has 0 saturated carbocycles. The highest BCUT2D eigenvalue weighted by atomic mass is 19.4. The van der Waals surface area contributed by atoms with Crippen molar-refractivity contribution in [2.45, 2.75) is 32.7 Å². The first-order chi connectivity index (χ1) is 14.0. The van der Waals surface area contributed by atoms with Crippen LogP contribution < -0.4 is 15.4 Å². The molecule has 0 aliphatic heterocycles. The lowest BCUT2D eigenvalue weighted by Crippen LogP contribution is -2.38. The predicted molar refractivity (Wildman–Crippen MR) is 102 cm³/mol. The van der Waals surface area contributed by atoms with E-state index in [1.807, 2.05) is 19.1 Å². The van der Waals surface area contributed by atoms with Gasteiger partial charge >= 0.3 is 6.18 Å². The van der Waals surface area contributed by atoms with Gasteiger partial charge in [0.05, 0.1) is 12.8 Å². The molecule has 0 amide bonds. The molecule has 0 saturated heterocycles. The average molecular weight is 414 g/mol. The van der Waals surface area contributed by atoms with Crippen LogP contribution in [0.25, 0.3) is 0 Å². The van der Waals surface area contributed by atoms with Gasteiger partial charge in [0.15, 0.2) is 12.6 Å². The molecule has 0 radical (unpaired) electrons. The number of nitrogens with one attached hydrogen (secondary N) is 2. The standard InChI is InChI=1S/C19H25F3N4O3/c1-2-23-18(25-7-4-9-27-13-16-5-3-10-28-16)26-12-15-6-8-24-17(11-15)29-14-19(20,21)22/h3,5-6,8,10-11H,2,4,7,9,12-14H2,1H3,(H2,23,25,26). The van der Waals surface area contributed by atoms with Crippen LogP contribution in [0.15, 0.2) is 46.1 Å². The molecule has 7 nitrogen and oxygen atoms in total. The van der Waals surface area contributed by atoms with Crippen LogP contribution in [-0.2, 0) is 17.9 Å². The van der Waals surface area contributed by atoms with Gasteiger partial charge < -0.3 is 24.5 Å². The van der Waals surface area contributed by atoms with Gasteiger partial charge in [-0.2, -0.15) is 13.2 Å². The topological polar surface area (TPSA) is 80.9 Å². The van der Waals surface area contributed by atoms with E-state index in [2.05, 4.69) is 25.3 Å². The molecule has 10 heteroatoms. The number of aromatic nitrogens is 1. The van der Waals surface area contributed by atoms with E-state index in [0.717, 1.165) is 12.2 Å². The van der Waals surface area contributed by atoms with Crippen molar-refractivity contribution in [3.05, 3.63) is 48.0 Å². The summed E-state index contributed by atoms with van der Waals surface area (Å²) in [6, 6.07) is 6.79. The molecule has 0 aliphatic rings. The molecule has 2 rings (SSSR count). The Morgan fingerprint density at radius 1 is 1.28 bits per heavy atom. The average Bonchev–Trinajstić information content (AvgIpc) is 3.20. The number of guanidine groups is 1. The molecular weight excluding hydrogens is 389 g/mol. The molecule has 2 aromatic rings. The number of furan rings is 1. The Kier molecular flexibility index (Phi) is 9.29. The van der Waals surface area contributed by atoms with Gasteiger partial charge in [-0.3, -0.25) is 0 Å². The monoisotopic (exact) mass is 414 g/mol. The van der Waals surface area contributed by atoms with Gasteiger partial charge in [-0.1, -0.05) is 0 Å². The van der Waals surface area contributed by atoms with Gasteiger partial charge in [0.25, 0.3) is 0 Å². The highest BCUT2D eigenvalue weighted by Crippen LogP contribution is 2.17. The summed E-state index contributed by atoms with van der Waals surface area (Å²) in [5.41, 5.74) is 0.691. The van der Waals surface area contributed by atoms with Gasteiger partial charge in [0, 0.05) is 32.0 Å². The smallest absolute Gasteiger partial charge is 0.422 e. The number of rotatable bonds is 11. The van der Waals surface area contributed by atoms with Crippen molar-refractivity contribution in [2.24, 2.45) is 4.99 Å². The van der Waals surface area contributed by atoms with Crippen molar-refractivity contribution < 1.29 is 27.1 Å². The third-order valence-electron chi connectivity index (χ3n) is 3.53. The van der Waals surface area contributed by atoms with Crippen molar-refractivity contribution >= 4 is 5.96 Å². The van der Waals surface area contributed by atoms with Crippen LogP contribution in [-0.4, -0.2) is 43.4 Å². The van der Waals surface area contributed by atoms with Gasteiger partial charge in [-0.05, 0) is 37.1 Å². The zero-order valence-electron chi connectivity index (χ0n) is 16.2. The largest absolute Gasteiger partial charge is 0.468 e. The molecule has 160 valence electrons. The number of halogens is 3. The number of aliphatic imine (C=N–C) groups is 1. The van der Waals surface area contributed by atoms with E-state index in [0.29, 0.717) is 37.8 Å². The van der Waals surface area contributed by atoms with Crippen molar-refractivity contribution in [2.75, 3.05) is 26.3 Å². The van der Waals surface area contributed by atoms with Crippen LogP contribution in [0.5, 0.6) is 5.88 Å². The summed E-state index contributed by atoms with van der Waals surface area (Å²) in [5, 5.41) is 6.30. The van der Waals surface area contributed by atoms with E-state index in [9.17, 15) is 13.2 Å². The number of alkyl halides is 3. The SMILES string of the molecule is CCNC(=NCc1ccnc(OCC(F)(F)F)c1)NCCCOCc1ccco1. The molecular formula is C19H25F3N4O3. The number of pyridine rings is 1. The molecule has 2 aromatic heterocycles. The first kappa shape index (κ1) is 22.5. The maximum atomic E-state index is 12.2. The van der Waals surface area contributed by atoms with E-state index < -0.39 is 12.8 Å². The molecule has 0 atom stereocenters. The molecule has 2 N–H and O–H groups in total. The molecule has 2 heterocycles. The van der Waals surface area contributed by atoms with Crippen molar-refractivity contribution in [3.63, 3.8) is 0 Å². The van der Waals surface area contributed by atoms with Crippen LogP contribution in [0.3, 0.4) is 0 Å². The van der Waals surface area contributed by atoms with E-state index in [1.165, 1.54) is 12.3 Å². The summed E-state index contributed by atoms with van der Waals surface area (Å²) < 4.78 is 52.1. The molecule has 29 heavy (non-hydrogen) atoms. The van der Waals surface area contributed by atoms with Gasteiger partial charge in [0.1, 0.15) is 12.4 Å². The normalized spacial score (nSPS) is 12.1. The highest BCUT2D eigenvalue weighted by Gasteiger charge is 2.28. The molecule has 0 bridgehead atoms. The lowest BCUT2D eigenvalue weighted by Gasteiger charge is -2.12. The van der Waals surface area contributed by atoms with Crippen LogP contribution in [0.4, 0.5) is 13.2 Å². The lowest BCUT2D eigenvalue weighted by molar-refractivity contribution is -0.154. The van der Waals surface area contributed by atoms with Gasteiger partial charge in [-0.25, -0.2) is 9.98 Å². The summed E-state index contributed by atoms with van der Waals surface area (Å²) in [6.45, 7) is 3.17. The number of ether oxygens (including phenoxy) is 2. The fraction of sp³-hybridized carbons (Fsp3) is 0.474. The Bertz CT molecular complexity index is 737. The second kappa shape index (κ2) is 11.9. The number of nitrogens with zero attached hydrogens (tertiary/aromatic N) is 2. The summed E-state index contributed by atoms with van der Waals surface area (Å²) >= 11 is 0. The summed E-state index contributed by atoms with van der Waals surface area (Å²) in [5.74, 6) is 1.30. The van der Waals surface area contributed by atoms with Crippen LogP contribution >= 0.6 is 0 Å². The molecule has 0 unspecified atom stereocenters. The predicted octanol–water partition coefficient (Wildman–Crippen LogP) is 3.28. The van der Waals surface area contributed by atoms with E-state index in [-0.39, 0.29) is 12.4 Å². The Labute approximate surface area is 167 Å². The maximum absolute atomic E-state index is 12.2. The zero-order chi connectivity index (χ0) is 21.0. The highest BCUT2D eigenvalue weighted by molar-refractivity contribution is 5.79. The first-order valence-corrected chi connectivity index (χ1v) is 9.23. The van der Waals surface area contributed by atoms with E-state index >= 15 is 0 Å². The van der Waals surface area contributed by atoms with Crippen molar-refractivity contribution in [1.82, 2.24) is 15.6 Å². The van der Waals surface area contributed by atoms with Crippen molar-refractivity contribution in [1.29, 1.82) is 0 Å².